The minimum atomic E-state index is 0.358. The van der Waals surface area contributed by atoms with Crippen molar-refractivity contribution in [3.8, 4) is 0 Å². The Morgan fingerprint density at radius 3 is 2.70 bits per heavy atom. The molecule has 0 aliphatic rings. The van der Waals surface area contributed by atoms with Crippen LogP contribution in [-0.2, 0) is 6.54 Å². The Morgan fingerprint density at radius 2 is 2.15 bits per heavy atom. The van der Waals surface area contributed by atoms with Crippen molar-refractivity contribution in [1.82, 2.24) is 10.3 Å². The normalized spacial score (nSPS) is 12.3. The Kier molecular flexibility index (Phi) is 5.56. The third-order valence-corrected chi connectivity index (χ3v) is 4.16. The van der Waals surface area contributed by atoms with Gasteiger partial charge in [0.05, 0.1) is 17.6 Å². The summed E-state index contributed by atoms with van der Waals surface area (Å²) in [5.41, 5.74) is 3.63. The fourth-order valence-electron chi connectivity index (χ4n) is 2.28. The van der Waals surface area contributed by atoms with E-state index < -0.39 is 0 Å². The standard InChI is InChI=1S/C16H23N3S/c1-4-15(17-5-2)16-7-6-14(10-18-16)19(3)11-13-8-9-20-12-13/h6-10,12,15,17H,4-5,11H2,1-3H3. The Balaban J connectivity index is 2.03. The smallest absolute Gasteiger partial charge is 0.0574 e. The van der Waals surface area contributed by atoms with Crippen molar-refractivity contribution >= 4 is 17.0 Å². The lowest BCUT2D eigenvalue weighted by Crippen LogP contribution is -2.21. The zero-order valence-corrected chi connectivity index (χ0v) is 13.3. The zero-order valence-electron chi connectivity index (χ0n) is 12.5. The molecule has 3 nitrogen and oxygen atoms in total. The second-order valence-electron chi connectivity index (χ2n) is 4.95. The van der Waals surface area contributed by atoms with Gasteiger partial charge in [0, 0.05) is 19.6 Å². The minimum Gasteiger partial charge on any atom is -0.369 e. The number of hydrogen-bond acceptors (Lipinski definition) is 4. The van der Waals surface area contributed by atoms with Crippen LogP contribution < -0.4 is 10.2 Å². The molecule has 0 radical (unpaired) electrons. The lowest BCUT2D eigenvalue weighted by molar-refractivity contribution is 0.525. The molecule has 0 saturated carbocycles. The molecule has 108 valence electrons. The maximum absolute atomic E-state index is 4.62. The summed E-state index contributed by atoms with van der Waals surface area (Å²) < 4.78 is 0. The molecule has 1 N–H and O–H groups in total. The topological polar surface area (TPSA) is 28.2 Å². The Labute approximate surface area is 125 Å². The van der Waals surface area contributed by atoms with Crippen molar-refractivity contribution in [1.29, 1.82) is 0 Å². The van der Waals surface area contributed by atoms with Gasteiger partial charge in [0.15, 0.2) is 0 Å². The lowest BCUT2D eigenvalue weighted by atomic mass is 10.1. The Morgan fingerprint density at radius 1 is 1.30 bits per heavy atom. The molecule has 0 saturated heterocycles. The van der Waals surface area contributed by atoms with Gasteiger partial charge in [-0.25, -0.2) is 0 Å². The van der Waals surface area contributed by atoms with E-state index in [-0.39, 0.29) is 0 Å². The first-order valence-corrected chi connectivity index (χ1v) is 8.10. The van der Waals surface area contributed by atoms with Crippen LogP contribution in [0, 0.1) is 0 Å². The van der Waals surface area contributed by atoms with E-state index in [0.717, 1.165) is 30.9 Å². The third kappa shape index (κ3) is 3.81. The maximum Gasteiger partial charge on any atom is 0.0574 e. The number of rotatable bonds is 7. The summed E-state index contributed by atoms with van der Waals surface area (Å²) in [5, 5.41) is 7.77. The predicted octanol–water partition coefficient (Wildman–Crippen LogP) is 3.84. The number of nitrogens with zero attached hydrogens (tertiary/aromatic N) is 2. The van der Waals surface area contributed by atoms with Crippen LogP contribution in [0.5, 0.6) is 0 Å². The molecule has 0 aliphatic heterocycles. The Hall–Kier alpha value is -1.39. The highest BCUT2D eigenvalue weighted by atomic mass is 32.1. The summed E-state index contributed by atoms with van der Waals surface area (Å²) in [5.74, 6) is 0. The van der Waals surface area contributed by atoms with E-state index in [0.29, 0.717) is 6.04 Å². The highest BCUT2D eigenvalue weighted by Gasteiger charge is 2.10. The van der Waals surface area contributed by atoms with Crippen LogP contribution in [0.4, 0.5) is 5.69 Å². The molecule has 1 unspecified atom stereocenters. The predicted molar refractivity (Wildman–Crippen MR) is 87.4 cm³/mol. The summed E-state index contributed by atoms with van der Waals surface area (Å²) in [7, 11) is 2.11. The largest absolute Gasteiger partial charge is 0.369 e. The number of anilines is 1. The van der Waals surface area contributed by atoms with Gasteiger partial charge in [-0.05, 0) is 47.5 Å². The van der Waals surface area contributed by atoms with Gasteiger partial charge in [-0.15, -0.1) is 0 Å². The van der Waals surface area contributed by atoms with E-state index >= 15 is 0 Å². The maximum atomic E-state index is 4.62. The summed E-state index contributed by atoms with van der Waals surface area (Å²) >= 11 is 1.74. The molecule has 2 heterocycles. The summed E-state index contributed by atoms with van der Waals surface area (Å²) in [6.07, 6.45) is 3.03. The van der Waals surface area contributed by atoms with Gasteiger partial charge in [-0.2, -0.15) is 11.3 Å². The van der Waals surface area contributed by atoms with Crippen molar-refractivity contribution < 1.29 is 0 Å². The molecule has 4 heteroatoms. The lowest BCUT2D eigenvalue weighted by Gasteiger charge is -2.20. The van der Waals surface area contributed by atoms with Gasteiger partial charge in [0.25, 0.3) is 0 Å². The first-order chi connectivity index (χ1) is 9.74. The van der Waals surface area contributed by atoms with Crippen LogP contribution in [-0.4, -0.2) is 18.6 Å². The molecule has 1 atom stereocenters. The summed E-state index contributed by atoms with van der Waals surface area (Å²) in [4.78, 5) is 6.85. The molecular weight excluding hydrogens is 266 g/mol. The summed E-state index contributed by atoms with van der Waals surface area (Å²) in [6.45, 7) is 6.21. The van der Waals surface area contributed by atoms with Crippen LogP contribution >= 0.6 is 11.3 Å². The molecular formula is C16H23N3S. The molecule has 0 aliphatic carbocycles. The average Bonchev–Trinajstić information content (AvgIpc) is 2.98. The van der Waals surface area contributed by atoms with E-state index in [4.69, 9.17) is 0 Å². The number of nitrogens with one attached hydrogen (secondary N) is 1. The number of aromatic nitrogens is 1. The van der Waals surface area contributed by atoms with E-state index in [1.807, 2.05) is 6.20 Å². The van der Waals surface area contributed by atoms with Crippen LogP contribution in [0.3, 0.4) is 0 Å². The first kappa shape index (κ1) is 15.0. The van der Waals surface area contributed by atoms with Crippen molar-refractivity contribution in [3.05, 3.63) is 46.4 Å². The molecule has 0 fully saturated rings. The molecule has 0 spiro atoms. The van der Waals surface area contributed by atoms with Crippen molar-refractivity contribution in [2.75, 3.05) is 18.5 Å². The van der Waals surface area contributed by atoms with E-state index in [1.165, 1.54) is 5.56 Å². The molecule has 0 aromatic carbocycles. The van der Waals surface area contributed by atoms with E-state index in [2.05, 4.69) is 65.1 Å². The van der Waals surface area contributed by atoms with Gasteiger partial charge in [-0.1, -0.05) is 13.8 Å². The van der Waals surface area contributed by atoms with E-state index in [1.54, 1.807) is 11.3 Å². The van der Waals surface area contributed by atoms with Crippen LogP contribution in [0.1, 0.15) is 37.6 Å². The van der Waals surface area contributed by atoms with Gasteiger partial charge in [0.1, 0.15) is 0 Å². The second kappa shape index (κ2) is 7.41. The highest BCUT2D eigenvalue weighted by Crippen LogP contribution is 2.19. The van der Waals surface area contributed by atoms with Gasteiger partial charge in [0.2, 0.25) is 0 Å². The van der Waals surface area contributed by atoms with Crippen molar-refractivity contribution in [2.24, 2.45) is 0 Å². The molecule has 2 aromatic rings. The average molecular weight is 289 g/mol. The number of pyridine rings is 1. The fourth-order valence-corrected chi connectivity index (χ4v) is 2.94. The fraction of sp³-hybridized carbons (Fsp3) is 0.438. The highest BCUT2D eigenvalue weighted by molar-refractivity contribution is 7.07. The summed E-state index contributed by atoms with van der Waals surface area (Å²) in [6, 6.07) is 6.82. The molecule has 0 amide bonds. The van der Waals surface area contributed by atoms with Crippen molar-refractivity contribution in [2.45, 2.75) is 32.9 Å². The molecule has 20 heavy (non-hydrogen) atoms. The Bertz CT molecular complexity index is 493. The zero-order chi connectivity index (χ0) is 14.4. The number of hydrogen-bond donors (Lipinski definition) is 1. The van der Waals surface area contributed by atoms with Crippen LogP contribution in [0.2, 0.25) is 0 Å². The van der Waals surface area contributed by atoms with Gasteiger partial charge >= 0.3 is 0 Å². The molecule has 2 rings (SSSR count). The minimum absolute atomic E-state index is 0.358. The van der Waals surface area contributed by atoms with Crippen LogP contribution in [0.15, 0.2) is 35.2 Å². The quantitative estimate of drug-likeness (QED) is 0.839. The second-order valence-corrected chi connectivity index (χ2v) is 5.73. The molecule has 2 aromatic heterocycles. The first-order valence-electron chi connectivity index (χ1n) is 7.16. The van der Waals surface area contributed by atoms with Crippen LogP contribution in [0.25, 0.3) is 0 Å². The number of thiophene rings is 1. The van der Waals surface area contributed by atoms with Gasteiger partial charge < -0.3 is 10.2 Å². The van der Waals surface area contributed by atoms with Gasteiger partial charge in [-0.3, -0.25) is 4.98 Å². The monoisotopic (exact) mass is 289 g/mol. The SMILES string of the molecule is CCNC(CC)c1ccc(N(C)Cc2ccsc2)cn1. The van der Waals surface area contributed by atoms with E-state index in [9.17, 15) is 0 Å². The van der Waals surface area contributed by atoms with Crippen molar-refractivity contribution in [3.63, 3.8) is 0 Å². The third-order valence-electron chi connectivity index (χ3n) is 3.43. The molecule has 0 bridgehead atoms.